The Kier molecular flexibility index (Phi) is 6.49. The van der Waals surface area contributed by atoms with Crippen molar-refractivity contribution < 1.29 is 14.4 Å². The smallest absolute Gasteiger partial charge is 0.325 e. The maximum absolute atomic E-state index is 12.5. The van der Waals surface area contributed by atoms with E-state index >= 15 is 0 Å². The van der Waals surface area contributed by atoms with Crippen LogP contribution in [0.15, 0.2) is 30.3 Å². The minimum atomic E-state index is -0.869. The topological polar surface area (TPSA) is 95.7 Å². The van der Waals surface area contributed by atoms with E-state index < -0.39 is 5.54 Å². The highest BCUT2D eigenvalue weighted by molar-refractivity contribution is 6.06. The molecule has 0 unspecified atom stereocenters. The molecule has 2 aliphatic heterocycles. The molecule has 1 aromatic carbocycles. The van der Waals surface area contributed by atoms with Crippen LogP contribution in [0.4, 0.5) is 4.79 Å². The van der Waals surface area contributed by atoms with Crippen LogP contribution in [0.5, 0.6) is 0 Å². The summed E-state index contributed by atoms with van der Waals surface area (Å²) in [4.78, 5) is 39.5. The number of hydrogen-bond acceptors (Lipinski definition) is 4. The number of hydrogen-bond donors (Lipinski definition) is 2. The van der Waals surface area contributed by atoms with Crippen molar-refractivity contribution in [2.24, 2.45) is 5.73 Å². The van der Waals surface area contributed by atoms with Gasteiger partial charge in [0.2, 0.25) is 5.91 Å². The third-order valence-corrected chi connectivity index (χ3v) is 5.16. The highest BCUT2D eigenvalue weighted by atomic mass is 35.5. The number of nitrogens with two attached hydrogens (primary N) is 1. The Balaban J connectivity index is 0.00000261. The molecule has 1 aromatic rings. The highest BCUT2D eigenvalue weighted by Crippen LogP contribution is 2.27. The number of likely N-dealkylation sites (tertiary alicyclic amines) is 1. The van der Waals surface area contributed by atoms with Crippen LogP contribution in [0.25, 0.3) is 0 Å². The molecule has 2 saturated heterocycles. The molecule has 0 spiro atoms. The number of imide groups is 1. The van der Waals surface area contributed by atoms with E-state index in [0.717, 1.165) is 5.56 Å². The van der Waals surface area contributed by atoms with Gasteiger partial charge in [-0.1, -0.05) is 30.3 Å². The van der Waals surface area contributed by atoms with E-state index in [0.29, 0.717) is 25.9 Å². The molecule has 0 aliphatic carbocycles. The molecule has 2 fully saturated rings. The minimum Gasteiger partial charge on any atom is -0.340 e. The van der Waals surface area contributed by atoms with Gasteiger partial charge in [-0.2, -0.15) is 0 Å². The summed E-state index contributed by atoms with van der Waals surface area (Å²) < 4.78 is 0. The molecular formula is C19H27ClN4O3. The summed E-state index contributed by atoms with van der Waals surface area (Å²) in [6.45, 7) is 4.75. The average molecular weight is 395 g/mol. The molecule has 0 aromatic heterocycles. The van der Waals surface area contributed by atoms with Crippen molar-refractivity contribution in [3.05, 3.63) is 35.9 Å². The first kappa shape index (κ1) is 21.2. The predicted octanol–water partition coefficient (Wildman–Crippen LogP) is 1.47. The van der Waals surface area contributed by atoms with Gasteiger partial charge in [0.25, 0.3) is 5.91 Å². The fourth-order valence-corrected chi connectivity index (χ4v) is 3.65. The summed E-state index contributed by atoms with van der Waals surface area (Å²) in [5.74, 6) is -0.0839. The molecule has 0 radical (unpaired) electrons. The Morgan fingerprint density at radius 1 is 1.22 bits per heavy atom. The Morgan fingerprint density at radius 2 is 1.89 bits per heavy atom. The van der Waals surface area contributed by atoms with Crippen LogP contribution >= 0.6 is 12.4 Å². The monoisotopic (exact) mass is 394 g/mol. The maximum atomic E-state index is 12.5. The van der Waals surface area contributed by atoms with E-state index in [2.05, 4.69) is 5.32 Å². The molecule has 3 rings (SSSR count). The Labute approximate surface area is 165 Å². The van der Waals surface area contributed by atoms with Gasteiger partial charge in [-0.3, -0.25) is 14.5 Å². The molecule has 8 heteroatoms. The second kappa shape index (κ2) is 8.27. The van der Waals surface area contributed by atoms with Crippen LogP contribution < -0.4 is 11.1 Å². The first-order valence-electron chi connectivity index (χ1n) is 9.02. The van der Waals surface area contributed by atoms with E-state index in [1.165, 1.54) is 4.90 Å². The normalized spacial score (nSPS) is 24.0. The fraction of sp³-hybridized carbons (Fsp3) is 0.526. The lowest BCUT2D eigenvalue weighted by molar-refractivity contribution is -0.132. The van der Waals surface area contributed by atoms with Crippen molar-refractivity contribution in [3.63, 3.8) is 0 Å². The van der Waals surface area contributed by atoms with E-state index in [-0.39, 0.29) is 48.8 Å². The van der Waals surface area contributed by atoms with Gasteiger partial charge < -0.3 is 16.0 Å². The first-order chi connectivity index (χ1) is 12.3. The molecule has 3 N–H and O–H groups in total. The van der Waals surface area contributed by atoms with Gasteiger partial charge in [0.05, 0.1) is 0 Å². The Morgan fingerprint density at radius 3 is 2.48 bits per heavy atom. The number of carbonyl (C=O) groups excluding carboxylic acids is 3. The zero-order valence-electron chi connectivity index (χ0n) is 15.7. The summed E-state index contributed by atoms with van der Waals surface area (Å²) in [6, 6.07) is 9.53. The van der Waals surface area contributed by atoms with E-state index in [1.807, 2.05) is 30.3 Å². The molecule has 0 bridgehead atoms. The molecule has 2 aliphatic rings. The van der Waals surface area contributed by atoms with Crippen LogP contribution in [0.1, 0.15) is 38.2 Å². The van der Waals surface area contributed by atoms with Crippen LogP contribution in [-0.4, -0.2) is 58.9 Å². The van der Waals surface area contributed by atoms with E-state index in [1.54, 1.807) is 18.7 Å². The highest BCUT2D eigenvalue weighted by Gasteiger charge is 2.43. The standard InChI is InChI=1S/C19H26N4O3.ClH/c1-19(2)17(25)23(18(26)21-19)10-6-9-16(24)22-11-14(15(20)12-22)13-7-4-3-5-8-13;/h3-5,7-8,14-15H,6,9-12,20H2,1-2H3,(H,21,26);1H/t14-,15+;/m0./s1. The lowest BCUT2D eigenvalue weighted by atomic mass is 9.95. The van der Waals surface area contributed by atoms with E-state index in [4.69, 9.17) is 5.73 Å². The van der Waals surface area contributed by atoms with Gasteiger partial charge in [-0.25, -0.2) is 4.79 Å². The molecule has 27 heavy (non-hydrogen) atoms. The molecule has 2 atom stereocenters. The summed E-state index contributed by atoms with van der Waals surface area (Å²) >= 11 is 0. The van der Waals surface area contributed by atoms with Crippen molar-refractivity contribution in [2.45, 2.75) is 44.2 Å². The quantitative estimate of drug-likeness (QED) is 0.739. The summed E-state index contributed by atoms with van der Waals surface area (Å²) in [7, 11) is 0. The zero-order chi connectivity index (χ0) is 18.9. The number of carbonyl (C=O) groups is 3. The summed E-state index contributed by atoms with van der Waals surface area (Å²) in [6.07, 6.45) is 0.752. The van der Waals surface area contributed by atoms with E-state index in [9.17, 15) is 14.4 Å². The largest absolute Gasteiger partial charge is 0.340 e. The number of rotatable bonds is 5. The fourth-order valence-electron chi connectivity index (χ4n) is 3.65. The molecule has 2 heterocycles. The second-order valence-electron chi connectivity index (χ2n) is 7.60. The maximum Gasteiger partial charge on any atom is 0.325 e. The SMILES string of the molecule is CC1(C)NC(=O)N(CCCC(=O)N2C[C@@H](N)[C@H](c3ccccc3)C2)C1=O.Cl. The van der Waals surface area contributed by atoms with Crippen molar-refractivity contribution in [1.82, 2.24) is 15.1 Å². The van der Waals surface area contributed by atoms with Gasteiger partial charge in [0.15, 0.2) is 0 Å². The number of urea groups is 1. The summed E-state index contributed by atoms with van der Waals surface area (Å²) in [5.41, 5.74) is 6.51. The molecule has 7 nitrogen and oxygen atoms in total. The van der Waals surface area contributed by atoms with Crippen molar-refractivity contribution in [2.75, 3.05) is 19.6 Å². The molecule has 148 valence electrons. The number of nitrogens with one attached hydrogen (secondary N) is 1. The van der Waals surface area contributed by atoms with Crippen molar-refractivity contribution in [1.29, 1.82) is 0 Å². The number of benzene rings is 1. The van der Waals surface area contributed by atoms with Crippen LogP contribution in [0, 0.1) is 0 Å². The molecular weight excluding hydrogens is 368 g/mol. The van der Waals surface area contributed by atoms with Gasteiger partial charge in [-0.15, -0.1) is 12.4 Å². The summed E-state index contributed by atoms with van der Waals surface area (Å²) in [5, 5.41) is 2.64. The second-order valence-corrected chi connectivity index (χ2v) is 7.60. The van der Waals surface area contributed by atoms with Crippen LogP contribution in [0.3, 0.4) is 0 Å². The zero-order valence-corrected chi connectivity index (χ0v) is 16.5. The Hall–Kier alpha value is -2.12. The Bertz CT molecular complexity index is 710. The van der Waals surface area contributed by atoms with Gasteiger partial charge in [0.1, 0.15) is 5.54 Å². The lowest BCUT2D eigenvalue weighted by Crippen LogP contribution is -2.40. The number of amides is 4. The third kappa shape index (κ3) is 4.42. The molecule has 4 amide bonds. The van der Waals surface area contributed by atoms with Crippen LogP contribution in [-0.2, 0) is 9.59 Å². The van der Waals surface area contributed by atoms with Gasteiger partial charge >= 0.3 is 6.03 Å². The van der Waals surface area contributed by atoms with Gasteiger partial charge in [0, 0.05) is 38.0 Å². The third-order valence-electron chi connectivity index (χ3n) is 5.16. The van der Waals surface area contributed by atoms with Crippen molar-refractivity contribution >= 4 is 30.3 Å². The van der Waals surface area contributed by atoms with Gasteiger partial charge in [-0.05, 0) is 25.8 Å². The number of nitrogens with zero attached hydrogens (tertiary/aromatic N) is 2. The first-order valence-corrected chi connectivity index (χ1v) is 9.02. The minimum absolute atomic E-state index is 0. The lowest BCUT2D eigenvalue weighted by Gasteiger charge is -2.18. The predicted molar refractivity (Wildman–Crippen MR) is 105 cm³/mol. The molecule has 0 saturated carbocycles. The van der Waals surface area contributed by atoms with Crippen LogP contribution in [0.2, 0.25) is 0 Å². The number of halogens is 1. The average Bonchev–Trinajstić information content (AvgIpc) is 3.08. The van der Waals surface area contributed by atoms with Crippen molar-refractivity contribution in [3.8, 4) is 0 Å².